The summed E-state index contributed by atoms with van der Waals surface area (Å²) in [6.07, 6.45) is 0.523. The number of halogens is 2. The Hall–Kier alpha value is -0.960. The number of hydrogen-bond donors (Lipinski definition) is 0. The van der Waals surface area contributed by atoms with E-state index in [2.05, 4.69) is 26.1 Å². The van der Waals surface area contributed by atoms with E-state index in [0.29, 0.717) is 21.9 Å². The summed E-state index contributed by atoms with van der Waals surface area (Å²) < 4.78 is 21.3. The highest BCUT2D eigenvalue weighted by atomic mass is 79.9. The minimum Gasteiger partial charge on any atom is -0.444 e. The van der Waals surface area contributed by atoms with Crippen molar-refractivity contribution in [2.24, 2.45) is 0 Å². The van der Waals surface area contributed by atoms with Gasteiger partial charge in [0, 0.05) is 13.1 Å². The van der Waals surface area contributed by atoms with E-state index in [0.717, 1.165) is 6.42 Å². The van der Waals surface area contributed by atoms with Crippen LogP contribution in [0.4, 0.5) is 14.3 Å². The van der Waals surface area contributed by atoms with Crippen molar-refractivity contribution in [3.8, 4) is 0 Å². The van der Waals surface area contributed by atoms with Gasteiger partial charge in [0.15, 0.2) is 3.92 Å². The van der Waals surface area contributed by atoms with E-state index >= 15 is 4.39 Å². The zero-order chi connectivity index (χ0) is 17.6. The average Bonchev–Trinajstić information content (AvgIpc) is 3.04. The number of ether oxygens (including phenoxy) is 1. The van der Waals surface area contributed by atoms with Crippen molar-refractivity contribution in [1.82, 2.24) is 15.1 Å². The van der Waals surface area contributed by atoms with Crippen molar-refractivity contribution in [3.63, 3.8) is 0 Å². The van der Waals surface area contributed by atoms with Gasteiger partial charge in [0.05, 0.1) is 12.1 Å². The fraction of sp³-hybridized carbons (Fsp3) is 0.800. The Morgan fingerprint density at radius 3 is 2.71 bits per heavy atom. The van der Waals surface area contributed by atoms with E-state index in [4.69, 9.17) is 4.74 Å². The highest BCUT2D eigenvalue weighted by Gasteiger charge is 2.52. The number of amides is 1. The Balaban J connectivity index is 1.75. The molecule has 0 aliphatic carbocycles. The van der Waals surface area contributed by atoms with Gasteiger partial charge < -0.3 is 9.64 Å². The summed E-state index contributed by atoms with van der Waals surface area (Å²) in [6.45, 7) is 5.48. The van der Waals surface area contributed by atoms with Gasteiger partial charge in [0.2, 0.25) is 5.13 Å². The third-order valence-electron chi connectivity index (χ3n) is 4.59. The first kappa shape index (κ1) is 17.8. The van der Waals surface area contributed by atoms with Crippen molar-refractivity contribution in [2.45, 2.75) is 69.9 Å². The van der Waals surface area contributed by atoms with Crippen molar-refractivity contribution in [1.29, 1.82) is 0 Å². The van der Waals surface area contributed by atoms with E-state index in [-0.39, 0.29) is 12.1 Å². The first-order chi connectivity index (χ1) is 11.2. The van der Waals surface area contributed by atoms with Crippen LogP contribution in [0.3, 0.4) is 0 Å². The lowest BCUT2D eigenvalue weighted by Gasteiger charge is -2.44. The SMILES string of the molecule is CN(c1nnc(Br)s1)[C@H]1C[C@@H]2CC[C@H]([C@H]1F)N2C(=O)OC(C)(C)C. The molecule has 0 unspecified atom stereocenters. The molecule has 3 heterocycles. The summed E-state index contributed by atoms with van der Waals surface area (Å²) in [6, 6.07) is -0.718. The largest absolute Gasteiger partial charge is 0.444 e. The maximum Gasteiger partial charge on any atom is 0.410 e. The average molecular weight is 421 g/mol. The molecule has 6 nitrogen and oxygen atoms in total. The molecule has 0 spiro atoms. The van der Waals surface area contributed by atoms with Crippen LogP contribution >= 0.6 is 27.3 Å². The summed E-state index contributed by atoms with van der Waals surface area (Å²) in [4.78, 5) is 15.9. The predicted octanol–water partition coefficient (Wildman–Crippen LogP) is 3.62. The first-order valence-electron chi connectivity index (χ1n) is 8.04. The van der Waals surface area contributed by atoms with E-state index in [9.17, 15) is 4.79 Å². The highest BCUT2D eigenvalue weighted by molar-refractivity contribution is 9.11. The summed E-state index contributed by atoms with van der Waals surface area (Å²) in [5, 5.41) is 8.69. The molecule has 4 atom stereocenters. The number of anilines is 1. The van der Waals surface area contributed by atoms with Crippen molar-refractivity contribution < 1.29 is 13.9 Å². The number of carbonyl (C=O) groups excluding carboxylic acids is 1. The van der Waals surface area contributed by atoms with E-state index in [1.165, 1.54) is 11.3 Å². The zero-order valence-corrected chi connectivity index (χ0v) is 16.6. The van der Waals surface area contributed by atoms with Gasteiger partial charge in [0.25, 0.3) is 0 Å². The van der Waals surface area contributed by atoms with Crippen LogP contribution in [-0.2, 0) is 4.74 Å². The topological polar surface area (TPSA) is 58.6 Å². The van der Waals surface area contributed by atoms with Gasteiger partial charge in [-0.3, -0.25) is 4.90 Å². The molecule has 2 bridgehead atoms. The molecule has 0 saturated carbocycles. The number of carbonyl (C=O) groups is 1. The Morgan fingerprint density at radius 2 is 2.12 bits per heavy atom. The van der Waals surface area contributed by atoms with Gasteiger partial charge in [-0.05, 0) is 56.0 Å². The Bertz CT molecular complexity index is 623. The smallest absolute Gasteiger partial charge is 0.410 e. The van der Waals surface area contributed by atoms with Gasteiger partial charge in [0.1, 0.15) is 11.8 Å². The third kappa shape index (κ3) is 3.37. The Kier molecular flexibility index (Phi) is 4.76. The van der Waals surface area contributed by atoms with Gasteiger partial charge in [-0.15, -0.1) is 10.2 Å². The molecule has 9 heteroatoms. The van der Waals surface area contributed by atoms with Crippen LogP contribution in [-0.4, -0.2) is 58.1 Å². The second kappa shape index (κ2) is 6.40. The fourth-order valence-corrected chi connectivity index (χ4v) is 4.68. The van der Waals surface area contributed by atoms with Crippen LogP contribution in [0.25, 0.3) is 0 Å². The summed E-state index contributed by atoms with van der Waals surface area (Å²) in [5.74, 6) is 0. The van der Waals surface area contributed by atoms with Crippen LogP contribution < -0.4 is 4.90 Å². The van der Waals surface area contributed by atoms with E-state index in [1.807, 2.05) is 32.7 Å². The summed E-state index contributed by atoms with van der Waals surface area (Å²) >= 11 is 4.67. The normalized spacial score (nSPS) is 29.7. The minimum atomic E-state index is -1.14. The Morgan fingerprint density at radius 1 is 1.42 bits per heavy atom. The standard InChI is InChI=1S/C15H22BrFN4O2S/c1-15(2,3)23-14(22)21-8-5-6-9(21)11(17)10(7-8)20(4)13-19-18-12(16)24-13/h8-11H,5-7H2,1-4H3/t8-,9+,10-,11+/m0/s1. The molecule has 1 aromatic heterocycles. The maximum atomic E-state index is 15.2. The van der Waals surface area contributed by atoms with Crippen LogP contribution in [0.5, 0.6) is 0 Å². The molecule has 0 N–H and O–H groups in total. The van der Waals surface area contributed by atoms with Crippen molar-refractivity contribution in [2.75, 3.05) is 11.9 Å². The van der Waals surface area contributed by atoms with E-state index in [1.54, 1.807) is 4.90 Å². The predicted molar refractivity (Wildman–Crippen MR) is 94.2 cm³/mol. The summed E-state index contributed by atoms with van der Waals surface area (Å²) in [7, 11) is 1.84. The zero-order valence-electron chi connectivity index (χ0n) is 14.2. The third-order valence-corrected chi connectivity index (χ3v) is 6.03. The Labute approximate surface area is 153 Å². The number of nitrogens with zero attached hydrogens (tertiary/aromatic N) is 4. The number of hydrogen-bond acceptors (Lipinski definition) is 6. The lowest BCUT2D eigenvalue weighted by Crippen LogP contribution is -2.59. The fourth-order valence-electron chi connectivity index (χ4n) is 3.57. The lowest BCUT2D eigenvalue weighted by atomic mass is 9.95. The molecule has 2 saturated heterocycles. The molecule has 1 amide bonds. The molecule has 2 fully saturated rings. The van der Waals surface area contributed by atoms with Gasteiger partial charge in [-0.1, -0.05) is 11.3 Å². The molecule has 134 valence electrons. The van der Waals surface area contributed by atoms with E-state index < -0.39 is 23.9 Å². The van der Waals surface area contributed by atoms with Crippen LogP contribution in [0.2, 0.25) is 0 Å². The maximum absolute atomic E-state index is 15.2. The van der Waals surface area contributed by atoms with Crippen LogP contribution in [0, 0.1) is 0 Å². The number of rotatable bonds is 2. The number of alkyl halides is 1. The van der Waals surface area contributed by atoms with Crippen LogP contribution in [0.1, 0.15) is 40.0 Å². The van der Waals surface area contributed by atoms with Gasteiger partial charge in [-0.2, -0.15) is 0 Å². The molecular formula is C15H22BrFN4O2S. The van der Waals surface area contributed by atoms with Crippen molar-refractivity contribution in [3.05, 3.63) is 3.92 Å². The molecule has 1 aromatic rings. The van der Waals surface area contributed by atoms with Gasteiger partial charge >= 0.3 is 6.09 Å². The lowest BCUT2D eigenvalue weighted by molar-refractivity contribution is -0.0103. The molecule has 2 aliphatic heterocycles. The minimum absolute atomic E-state index is 0.0145. The highest BCUT2D eigenvalue weighted by Crippen LogP contribution is 2.41. The number of piperidine rings is 1. The first-order valence-corrected chi connectivity index (χ1v) is 9.65. The van der Waals surface area contributed by atoms with Crippen LogP contribution in [0.15, 0.2) is 3.92 Å². The second-order valence-corrected chi connectivity index (χ2v) is 9.61. The number of fused-ring (bicyclic) bond motifs is 2. The quantitative estimate of drug-likeness (QED) is 0.730. The summed E-state index contributed by atoms with van der Waals surface area (Å²) in [5.41, 5.74) is -0.575. The molecule has 2 aliphatic rings. The molecule has 3 rings (SSSR count). The second-order valence-electron chi connectivity index (χ2n) is 7.38. The van der Waals surface area contributed by atoms with Gasteiger partial charge in [-0.25, -0.2) is 9.18 Å². The monoisotopic (exact) mass is 420 g/mol. The van der Waals surface area contributed by atoms with Crippen molar-refractivity contribution >= 4 is 38.5 Å². The molecule has 0 radical (unpaired) electrons. The molecular weight excluding hydrogens is 399 g/mol. The number of aromatic nitrogens is 2. The molecule has 24 heavy (non-hydrogen) atoms. The molecule has 0 aromatic carbocycles.